The van der Waals surface area contributed by atoms with Crippen LogP contribution in [0.2, 0.25) is 0 Å². The second-order valence-electron chi connectivity index (χ2n) is 2.50. The average Bonchev–Trinajstić information content (AvgIpc) is 2.04. The van der Waals surface area contributed by atoms with Crippen molar-refractivity contribution in [3.05, 3.63) is 29.7 Å². The van der Waals surface area contributed by atoms with E-state index in [4.69, 9.17) is 9.84 Å². The third-order valence-electron chi connectivity index (χ3n) is 1.41. The van der Waals surface area contributed by atoms with Crippen molar-refractivity contribution < 1.29 is 19.4 Å². The third-order valence-corrected chi connectivity index (χ3v) is 1.41. The highest BCUT2D eigenvalue weighted by Crippen LogP contribution is 2.07. The van der Waals surface area contributed by atoms with Gasteiger partial charge in [0.25, 0.3) is 0 Å². The summed E-state index contributed by atoms with van der Waals surface area (Å²) >= 11 is 0. The van der Waals surface area contributed by atoms with Gasteiger partial charge in [-0.3, -0.25) is 0 Å². The SMILES string of the molecule is CC(Oc1ccc[n+]([O-])c1)C(=O)O. The van der Waals surface area contributed by atoms with Gasteiger partial charge in [0.1, 0.15) is 0 Å². The first-order valence-electron chi connectivity index (χ1n) is 3.68. The zero-order valence-corrected chi connectivity index (χ0v) is 7.01. The first kappa shape index (κ1) is 9.31. The van der Waals surface area contributed by atoms with Crippen molar-refractivity contribution in [2.75, 3.05) is 0 Å². The molecule has 1 N–H and O–H groups in total. The molecule has 13 heavy (non-hydrogen) atoms. The lowest BCUT2D eigenvalue weighted by molar-refractivity contribution is -0.605. The Labute approximate surface area is 74.8 Å². The predicted octanol–water partition coefficient (Wildman–Crippen LogP) is 0.172. The number of pyridine rings is 1. The van der Waals surface area contributed by atoms with Crippen LogP contribution in [0.1, 0.15) is 6.92 Å². The Bertz CT molecular complexity index is 313. The number of carboxylic acids is 1. The van der Waals surface area contributed by atoms with E-state index in [1.54, 1.807) is 0 Å². The molecule has 5 nitrogen and oxygen atoms in total. The lowest BCUT2D eigenvalue weighted by atomic mass is 10.4. The Kier molecular flexibility index (Phi) is 2.69. The Hall–Kier alpha value is -1.78. The number of rotatable bonds is 3. The van der Waals surface area contributed by atoms with Crippen LogP contribution in [0.3, 0.4) is 0 Å². The molecular formula is C8H9NO4. The van der Waals surface area contributed by atoms with Gasteiger partial charge >= 0.3 is 5.97 Å². The molecule has 1 aromatic rings. The Balaban J connectivity index is 2.69. The van der Waals surface area contributed by atoms with Gasteiger partial charge in [-0.15, -0.1) is 0 Å². The third kappa shape index (κ3) is 2.62. The number of aliphatic carboxylic acids is 1. The van der Waals surface area contributed by atoms with E-state index in [2.05, 4.69) is 0 Å². The number of hydrogen-bond donors (Lipinski definition) is 1. The molecule has 0 fully saturated rings. The van der Waals surface area contributed by atoms with E-state index in [1.807, 2.05) is 0 Å². The quantitative estimate of drug-likeness (QED) is 0.535. The highest BCUT2D eigenvalue weighted by Gasteiger charge is 2.13. The van der Waals surface area contributed by atoms with E-state index >= 15 is 0 Å². The molecule has 1 unspecified atom stereocenters. The summed E-state index contributed by atoms with van der Waals surface area (Å²) in [6.07, 6.45) is 1.50. The smallest absolute Gasteiger partial charge is 0.344 e. The van der Waals surface area contributed by atoms with Gasteiger partial charge in [-0.1, -0.05) is 0 Å². The van der Waals surface area contributed by atoms with Gasteiger partial charge < -0.3 is 15.1 Å². The molecule has 5 heteroatoms. The second-order valence-corrected chi connectivity index (χ2v) is 2.50. The number of aromatic nitrogens is 1. The Morgan fingerprint density at radius 1 is 1.77 bits per heavy atom. The zero-order chi connectivity index (χ0) is 9.84. The summed E-state index contributed by atoms with van der Waals surface area (Å²) < 4.78 is 5.48. The zero-order valence-electron chi connectivity index (χ0n) is 7.01. The van der Waals surface area contributed by atoms with Crippen molar-refractivity contribution >= 4 is 5.97 Å². The Morgan fingerprint density at radius 3 is 3.00 bits per heavy atom. The van der Waals surface area contributed by atoms with Crippen molar-refractivity contribution in [1.29, 1.82) is 0 Å². The highest BCUT2D eigenvalue weighted by molar-refractivity contribution is 5.72. The summed E-state index contributed by atoms with van der Waals surface area (Å²) in [5, 5.41) is 19.2. The van der Waals surface area contributed by atoms with Crippen LogP contribution in [-0.4, -0.2) is 17.2 Å². The van der Waals surface area contributed by atoms with E-state index in [0.717, 1.165) is 0 Å². The number of ether oxygens (including phenoxy) is 1. The molecule has 1 rings (SSSR count). The van der Waals surface area contributed by atoms with E-state index in [0.29, 0.717) is 4.73 Å². The first-order valence-corrected chi connectivity index (χ1v) is 3.68. The standard InChI is InChI=1S/C8H9NO4/c1-6(8(10)11)13-7-3-2-4-9(12)5-7/h2-6H,1H3,(H,10,11). The Morgan fingerprint density at radius 2 is 2.46 bits per heavy atom. The molecule has 0 radical (unpaired) electrons. The van der Waals surface area contributed by atoms with E-state index < -0.39 is 12.1 Å². The average molecular weight is 183 g/mol. The minimum absolute atomic E-state index is 0.243. The molecule has 0 saturated carbocycles. The number of carbonyl (C=O) groups is 1. The molecule has 1 heterocycles. The summed E-state index contributed by atoms with van der Waals surface area (Å²) in [6, 6.07) is 3.00. The van der Waals surface area contributed by atoms with Gasteiger partial charge in [-0.25, -0.2) is 4.79 Å². The van der Waals surface area contributed by atoms with Gasteiger partial charge in [0, 0.05) is 6.07 Å². The lowest BCUT2D eigenvalue weighted by Gasteiger charge is -2.08. The predicted molar refractivity (Wildman–Crippen MR) is 43.1 cm³/mol. The maximum Gasteiger partial charge on any atom is 0.344 e. The minimum Gasteiger partial charge on any atom is -0.619 e. The normalized spacial score (nSPS) is 12.1. The molecule has 70 valence electrons. The fourth-order valence-electron chi connectivity index (χ4n) is 0.758. The van der Waals surface area contributed by atoms with Crippen LogP contribution in [0.15, 0.2) is 24.5 Å². The summed E-state index contributed by atoms with van der Waals surface area (Å²) in [5.41, 5.74) is 0. The van der Waals surface area contributed by atoms with E-state index in [-0.39, 0.29) is 5.75 Å². The van der Waals surface area contributed by atoms with Crippen molar-refractivity contribution in [1.82, 2.24) is 0 Å². The van der Waals surface area contributed by atoms with Crippen LogP contribution >= 0.6 is 0 Å². The maximum absolute atomic E-state index is 10.7. The molecule has 0 bridgehead atoms. The van der Waals surface area contributed by atoms with Crippen LogP contribution in [0.25, 0.3) is 0 Å². The summed E-state index contributed by atoms with van der Waals surface area (Å²) in [5.74, 6) is -0.825. The monoisotopic (exact) mass is 183 g/mol. The molecule has 0 amide bonds. The molecule has 0 saturated heterocycles. The van der Waals surface area contributed by atoms with Gasteiger partial charge in [-0.2, -0.15) is 4.73 Å². The summed E-state index contributed by atoms with van der Waals surface area (Å²) in [6.45, 7) is 1.39. The lowest BCUT2D eigenvalue weighted by Crippen LogP contribution is -2.27. The number of carboxylic acid groups (broad SMARTS) is 1. The number of hydrogen-bond acceptors (Lipinski definition) is 3. The van der Waals surface area contributed by atoms with Crippen molar-refractivity contribution in [2.24, 2.45) is 0 Å². The molecule has 1 atom stereocenters. The van der Waals surface area contributed by atoms with Crippen LogP contribution in [-0.2, 0) is 4.79 Å². The molecular weight excluding hydrogens is 174 g/mol. The fourth-order valence-corrected chi connectivity index (χ4v) is 0.758. The first-order chi connectivity index (χ1) is 6.09. The van der Waals surface area contributed by atoms with Gasteiger partial charge in [0.15, 0.2) is 18.1 Å². The molecule has 0 spiro atoms. The van der Waals surface area contributed by atoms with Gasteiger partial charge in [0.05, 0.1) is 0 Å². The summed E-state index contributed by atoms with van der Waals surface area (Å²) in [4.78, 5) is 10.4. The highest BCUT2D eigenvalue weighted by atomic mass is 16.5. The van der Waals surface area contributed by atoms with Gasteiger partial charge in [-0.05, 0) is 13.0 Å². The van der Waals surface area contributed by atoms with Crippen LogP contribution in [0, 0.1) is 5.21 Å². The molecule has 0 aliphatic rings. The molecule has 0 aromatic carbocycles. The van der Waals surface area contributed by atoms with Crippen LogP contribution < -0.4 is 9.47 Å². The largest absolute Gasteiger partial charge is 0.619 e. The van der Waals surface area contributed by atoms with Crippen LogP contribution in [0.4, 0.5) is 0 Å². The van der Waals surface area contributed by atoms with E-state index in [9.17, 15) is 10.0 Å². The minimum atomic E-state index is -1.07. The molecule has 0 aliphatic carbocycles. The van der Waals surface area contributed by atoms with Crippen molar-refractivity contribution in [2.45, 2.75) is 13.0 Å². The molecule has 0 aliphatic heterocycles. The van der Waals surface area contributed by atoms with E-state index in [1.165, 1.54) is 31.5 Å². The number of nitrogens with zero attached hydrogens (tertiary/aromatic N) is 1. The molecule has 1 aromatic heterocycles. The second kappa shape index (κ2) is 3.75. The topological polar surface area (TPSA) is 73.5 Å². The summed E-state index contributed by atoms with van der Waals surface area (Å²) in [7, 11) is 0. The maximum atomic E-state index is 10.7. The van der Waals surface area contributed by atoms with Crippen molar-refractivity contribution in [3.8, 4) is 5.75 Å². The fraction of sp³-hybridized carbons (Fsp3) is 0.250. The van der Waals surface area contributed by atoms with Gasteiger partial charge in [0.2, 0.25) is 6.20 Å². The van der Waals surface area contributed by atoms with Crippen LogP contribution in [0.5, 0.6) is 5.75 Å². The van der Waals surface area contributed by atoms with Crippen molar-refractivity contribution in [3.63, 3.8) is 0 Å².